The monoisotopic (exact) mass is 1150 g/mol. The van der Waals surface area contributed by atoms with E-state index < -0.39 is 120 Å². The molecule has 0 heterocycles. The topological polar surface area (TPSA) is 277 Å². The largest absolute Gasteiger partial charge is 0.357 e. The van der Waals surface area contributed by atoms with Crippen LogP contribution in [0.4, 0.5) is 0 Å². The van der Waals surface area contributed by atoms with Crippen LogP contribution in [0.3, 0.4) is 0 Å². The van der Waals surface area contributed by atoms with Gasteiger partial charge in [-0.2, -0.15) is 0 Å². The third-order valence-electron chi connectivity index (χ3n) is 14.6. The second-order valence-electron chi connectivity index (χ2n) is 24.7. The van der Waals surface area contributed by atoms with Crippen molar-refractivity contribution in [1.29, 1.82) is 0 Å². The maximum Gasteiger partial charge on any atom is 0.273 e. The molecule has 6 N–H and O–H groups in total. The van der Waals surface area contributed by atoms with Crippen LogP contribution in [0.1, 0.15) is 142 Å². The molecule has 0 fully saturated rings. The Morgan fingerprint density at radius 3 is 1.30 bits per heavy atom. The van der Waals surface area contributed by atoms with Crippen molar-refractivity contribution in [3.63, 3.8) is 0 Å². The molecule has 10 atom stereocenters. The maximum atomic E-state index is 14.6. The van der Waals surface area contributed by atoms with Gasteiger partial charge in [0.25, 0.3) is 5.91 Å². The summed E-state index contributed by atoms with van der Waals surface area (Å²) in [6, 6.07) is -9.44. The molecule has 0 aromatic rings. The van der Waals surface area contributed by atoms with E-state index in [0.717, 1.165) is 4.90 Å². The van der Waals surface area contributed by atoms with Gasteiger partial charge >= 0.3 is 0 Å². The lowest BCUT2D eigenvalue weighted by molar-refractivity contribution is -0.167. The Kier molecular flexibility index (Phi) is 33.2. The van der Waals surface area contributed by atoms with E-state index in [1.54, 1.807) is 27.8 Å². The molecule has 0 radical (unpaired) electrons. The van der Waals surface area contributed by atoms with E-state index >= 15 is 0 Å². The Balaban J connectivity index is 6.72. The van der Waals surface area contributed by atoms with Crippen LogP contribution in [0, 0.1) is 35.5 Å². The molecule has 0 saturated carbocycles. The van der Waals surface area contributed by atoms with E-state index in [-0.39, 0.29) is 61.4 Å². The normalized spacial score (nSPS) is 15.5. The number of hydrogen-bond donors (Lipinski definition) is 5. The van der Waals surface area contributed by atoms with E-state index in [9.17, 15) is 47.9 Å². The number of ether oxygens (including phenoxy) is 1. The first-order chi connectivity index (χ1) is 37.3. The predicted octanol–water partition coefficient (Wildman–Crippen LogP) is 2.35. The third kappa shape index (κ3) is 23.4. The van der Waals surface area contributed by atoms with E-state index in [1.165, 1.54) is 80.6 Å². The highest BCUT2D eigenvalue weighted by Crippen LogP contribution is 2.23. The molecule has 10 amide bonds. The fourth-order valence-corrected chi connectivity index (χ4v) is 9.40. The molecule has 0 aliphatic heterocycles. The minimum Gasteiger partial charge on any atom is -0.357 e. The van der Waals surface area contributed by atoms with Gasteiger partial charge in [-0.3, -0.25) is 47.9 Å². The summed E-state index contributed by atoms with van der Waals surface area (Å²) in [6.45, 7) is 27.7. The fraction of sp³-hybridized carbons (Fsp3) is 0.828. The number of nitrogens with zero attached hydrogens (tertiary/aromatic N) is 7. The maximum absolute atomic E-state index is 14.6. The van der Waals surface area contributed by atoms with Gasteiger partial charge < -0.3 is 66.0 Å². The number of likely N-dealkylation sites (N-methyl/N-ethyl adjacent to an activating group) is 8. The van der Waals surface area contributed by atoms with Gasteiger partial charge in [0.15, 0.2) is 0 Å². The highest BCUT2D eigenvalue weighted by molar-refractivity contribution is 5.98. The zero-order valence-electron chi connectivity index (χ0n) is 54.1. The Bertz CT molecular complexity index is 2070. The zero-order chi connectivity index (χ0) is 63.2. The standard InChI is InChI=1S/C58H110N12O11/c1-25-41(59)53(76)70(24)58(81-29-28-64(17)18)57(80)67(21)44(31-35(6)7)50(73)63-46(37(10)11)56(79)66(20)43(30-34(4)5)49(72)61-39(14)48(71)62-40(15)52(75)65(19)42(27-26-33(2)3)54(77)68(22)45(32-36(8)9)55(78)69(23)47(38(12)13)51(74)60-16/h33-47,58H,25-32,59H2,1-24H3,(H,60,74)(H,61,72)(H,62,71)(H,63,73)/t39-,40+,41-,42-,43-,44-,45-,46-,47-,58?/m0/s1. The predicted molar refractivity (Wildman–Crippen MR) is 315 cm³/mol. The first-order valence-corrected chi connectivity index (χ1v) is 29.1. The smallest absolute Gasteiger partial charge is 0.273 e. The minimum absolute atomic E-state index is 0.0182. The fourth-order valence-electron chi connectivity index (χ4n) is 9.40. The number of carbonyl (C=O) groups excluding carboxylic acids is 10. The average molecular weight is 1150 g/mol. The lowest BCUT2D eigenvalue weighted by Gasteiger charge is -2.39. The molecule has 0 aromatic heterocycles. The van der Waals surface area contributed by atoms with Crippen molar-refractivity contribution in [3.8, 4) is 0 Å². The van der Waals surface area contributed by atoms with Crippen molar-refractivity contribution in [1.82, 2.24) is 55.6 Å². The van der Waals surface area contributed by atoms with Gasteiger partial charge in [0.1, 0.15) is 48.3 Å². The molecule has 0 aromatic carbocycles. The van der Waals surface area contributed by atoms with Gasteiger partial charge in [0, 0.05) is 55.9 Å². The molecule has 23 nitrogen and oxygen atoms in total. The van der Waals surface area contributed by atoms with Crippen LogP contribution in [0.2, 0.25) is 0 Å². The molecule has 0 rings (SSSR count). The third-order valence-corrected chi connectivity index (χ3v) is 14.6. The number of rotatable bonds is 35. The summed E-state index contributed by atoms with van der Waals surface area (Å²) in [6.07, 6.45) is 0.379. The molecule has 23 heteroatoms. The Labute approximate surface area is 486 Å². The van der Waals surface area contributed by atoms with Crippen molar-refractivity contribution in [3.05, 3.63) is 0 Å². The van der Waals surface area contributed by atoms with Gasteiger partial charge in [-0.05, 0) is 102 Å². The van der Waals surface area contributed by atoms with Crippen molar-refractivity contribution < 1.29 is 52.7 Å². The summed E-state index contributed by atoms with van der Waals surface area (Å²) in [7, 11) is 14.0. The van der Waals surface area contributed by atoms with Crippen LogP contribution in [0.25, 0.3) is 0 Å². The summed E-state index contributed by atoms with van der Waals surface area (Å²) >= 11 is 0. The average Bonchev–Trinajstić information content (AvgIpc) is 3.38. The van der Waals surface area contributed by atoms with Gasteiger partial charge in [-0.1, -0.05) is 90.0 Å². The zero-order valence-corrected chi connectivity index (χ0v) is 54.1. The van der Waals surface area contributed by atoms with Crippen LogP contribution < -0.4 is 27.0 Å². The van der Waals surface area contributed by atoms with Gasteiger partial charge in [0.05, 0.1) is 12.6 Å². The summed E-state index contributed by atoms with van der Waals surface area (Å²) in [5, 5.41) is 10.9. The second kappa shape index (κ2) is 35.5. The number of hydrogen-bond acceptors (Lipinski definition) is 13. The number of nitrogens with two attached hydrogens (primary N) is 1. The van der Waals surface area contributed by atoms with E-state index in [2.05, 4.69) is 21.3 Å². The molecule has 0 spiro atoms. The van der Waals surface area contributed by atoms with Crippen LogP contribution in [-0.2, 0) is 52.7 Å². The molecular weight excluding hydrogens is 1040 g/mol. The van der Waals surface area contributed by atoms with Gasteiger partial charge in [0.2, 0.25) is 59.4 Å². The lowest BCUT2D eigenvalue weighted by atomic mass is 9.96. The Hall–Kier alpha value is -5.42. The summed E-state index contributed by atoms with van der Waals surface area (Å²) in [5.74, 6) is -6.42. The SMILES string of the molecule is CC[C@H](N)C(=O)N(C)C(OCCN(C)C)C(=O)N(C)[C@@H](CC(C)C)C(=O)N[C@H](C(=O)N(C)[C@@H](CC(C)C)C(=O)N[C@@H](C)C(=O)N[C@H](C)C(=O)N(C)[C@@H](CCC(C)C)C(=O)N(C)[C@@H](CC(C)C)C(=O)N(C)[C@H](C(=O)NC)C(C)C)C(C)C. The van der Waals surface area contributed by atoms with Crippen molar-refractivity contribution in [2.24, 2.45) is 41.2 Å². The molecule has 81 heavy (non-hydrogen) atoms. The van der Waals surface area contributed by atoms with Crippen LogP contribution in [0.15, 0.2) is 0 Å². The highest BCUT2D eigenvalue weighted by atomic mass is 16.5. The van der Waals surface area contributed by atoms with Crippen molar-refractivity contribution >= 4 is 59.1 Å². The van der Waals surface area contributed by atoms with Crippen LogP contribution in [0.5, 0.6) is 0 Å². The molecule has 0 aliphatic rings. The second-order valence-corrected chi connectivity index (χ2v) is 24.7. The van der Waals surface area contributed by atoms with Crippen molar-refractivity contribution in [2.75, 3.05) is 76.6 Å². The van der Waals surface area contributed by atoms with Crippen LogP contribution >= 0.6 is 0 Å². The first kappa shape index (κ1) is 75.6. The van der Waals surface area contributed by atoms with E-state index in [0.29, 0.717) is 25.8 Å². The molecule has 1 unspecified atom stereocenters. The summed E-state index contributed by atoms with van der Waals surface area (Å²) < 4.78 is 5.99. The number of nitrogens with one attached hydrogen (secondary N) is 4. The van der Waals surface area contributed by atoms with E-state index in [1.807, 2.05) is 88.2 Å². The highest BCUT2D eigenvalue weighted by Gasteiger charge is 2.43. The van der Waals surface area contributed by atoms with Gasteiger partial charge in [-0.25, -0.2) is 0 Å². The molecule has 0 bridgehead atoms. The van der Waals surface area contributed by atoms with Crippen molar-refractivity contribution in [2.45, 2.75) is 203 Å². The Morgan fingerprint density at radius 2 is 0.864 bits per heavy atom. The molecule has 468 valence electrons. The van der Waals surface area contributed by atoms with Crippen LogP contribution in [-0.4, -0.2) is 231 Å². The summed E-state index contributed by atoms with van der Waals surface area (Å²) in [5.41, 5.74) is 6.08. The number of carbonyl (C=O) groups is 10. The Morgan fingerprint density at radius 1 is 0.432 bits per heavy atom. The summed E-state index contributed by atoms with van der Waals surface area (Å²) in [4.78, 5) is 150. The molecular formula is C58H110N12O11. The number of amides is 10. The van der Waals surface area contributed by atoms with Gasteiger partial charge in [-0.15, -0.1) is 0 Å². The molecule has 0 saturated heterocycles. The first-order valence-electron chi connectivity index (χ1n) is 29.1. The quantitative estimate of drug-likeness (QED) is 0.0571. The van der Waals surface area contributed by atoms with E-state index in [4.69, 9.17) is 10.5 Å². The minimum atomic E-state index is -1.40. The lowest BCUT2D eigenvalue weighted by Crippen LogP contribution is -2.61. The molecule has 0 aliphatic carbocycles.